The predicted octanol–water partition coefficient (Wildman–Crippen LogP) is 3.08. The smallest absolute Gasteiger partial charge is 0.264 e. The number of hydrogen-bond acceptors (Lipinski definition) is 7. The molecule has 9 nitrogen and oxygen atoms in total. The molecule has 0 saturated carbocycles. The van der Waals surface area contributed by atoms with Crippen LogP contribution in [0.5, 0.6) is 5.75 Å². The third-order valence-electron chi connectivity index (χ3n) is 4.74. The number of anilines is 1. The number of amides is 2. The van der Waals surface area contributed by atoms with E-state index in [0.717, 1.165) is 34.6 Å². The fourth-order valence-corrected chi connectivity index (χ4v) is 5.06. The molecule has 0 bridgehead atoms. The molecule has 0 aliphatic carbocycles. The lowest BCUT2D eigenvalue weighted by Crippen LogP contribution is -2.28. The fourth-order valence-electron chi connectivity index (χ4n) is 3.19. The zero-order chi connectivity index (χ0) is 23.6. The molecular weight excluding hydrogens is 464 g/mol. The first-order valence-electron chi connectivity index (χ1n) is 9.78. The van der Waals surface area contributed by atoms with E-state index in [9.17, 15) is 18.0 Å². The van der Waals surface area contributed by atoms with Crippen molar-refractivity contribution in [3.8, 4) is 17.0 Å². The van der Waals surface area contributed by atoms with E-state index < -0.39 is 15.9 Å². The molecule has 170 valence electrons. The lowest BCUT2D eigenvalue weighted by atomic mass is 10.2. The number of nitrogens with one attached hydrogen (secondary N) is 2. The summed E-state index contributed by atoms with van der Waals surface area (Å²) in [4.78, 5) is 28.9. The summed E-state index contributed by atoms with van der Waals surface area (Å²) in [6.07, 6.45) is 2.00. The number of ether oxygens (including phenoxy) is 1. The third-order valence-corrected chi connectivity index (χ3v) is 7.07. The second kappa shape index (κ2) is 9.04. The highest BCUT2D eigenvalue weighted by molar-refractivity contribution is 7.90. The van der Waals surface area contributed by atoms with Crippen LogP contribution in [0.15, 0.2) is 65.0 Å². The van der Waals surface area contributed by atoms with Gasteiger partial charge in [0.25, 0.3) is 10.0 Å². The standard InChI is InChI=1S/C22H20N4O5S2/c1-14(27)25-33(29,30)19-9-5-16(6-10-19)23-21(28)11-17-13-32-22-24-20(12-26(17)22)15-3-7-18(31-2)8-4-15/h3-10,12-13H,11H2,1-2H3,(H,23,28)(H,25,27). The van der Waals surface area contributed by atoms with Crippen LogP contribution in [0.3, 0.4) is 0 Å². The van der Waals surface area contributed by atoms with E-state index in [0.29, 0.717) is 5.69 Å². The molecule has 4 aromatic rings. The Bertz CT molecular complexity index is 1420. The predicted molar refractivity (Wildman–Crippen MR) is 125 cm³/mol. The number of carbonyl (C=O) groups excluding carboxylic acids is 2. The molecule has 2 aromatic carbocycles. The van der Waals surface area contributed by atoms with Gasteiger partial charge in [0.15, 0.2) is 4.96 Å². The first kappa shape index (κ1) is 22.5. The first-order valence-corrected chi connectivity index (χ1v) is 12.1. The monoisotopic (exact) mass is 484 g/mol. The number of aromatic nitrogens is 2. The largest absolute Gasteiger partial charge is 0.497 e. The van der Waals surface area contributed by atoms with Crippen molar-refractivity contribution in [3.63, 3.8) is 0 Å². The summed E-state index contributed by atoms with van der Waals surface area (Å²) in [5.41, 5.74) is 2.96. The number of methoxy groups -OCH3 is 1. The van der Waals surface area contributed by atoms with Crippen molar-refractivity contribution in [2.75, 3.05) is 12.4 Å². The van der Waals surface area contributed by atoms with E-state index >= 15 is 0 Å². The number of nitrogens with zero attached hydrogens (tertiary/aromatic N) is 2. The second-order valence-electron chi connectivity index (χ2n) is 7.15. The van der Waals surface area contributed by atoms with Gasteiger partial charge in [0.2, 0.25) is 11.8 Å². The minimum Gasteiger partial charge on any atom is -0.497 e. The van der Waals surface area contributed by atoms with Gasteiger partial charge in [0, 0.05) is 35.4 Å². The molecule has 0 fully saturated rings. The van der Waals surface area contributed by atoms with E-state index in [1.807, 2.05) is 45.0 Å². The molecule has 2 aromatic heterocycles. The Morgan fingerprint density at radius 2 is 1.79 bits per heavy atom. The molecule has 0 spiro atoms. The van der Waals surface area contributed by atoms with E-state index in [4.69, 9.17) is 4.74 Å². The quantitative estimate of drug-likeness (QED) is 0.416. The second-order valence-corrected chi connectivity index (χ2v) is 9.66. The Morgan fingerprint density at radius 1 is 1.09 bits per heavy atom. The van der Waals surface area contributed by atoms with Gasteiger partial charge in [0.05, 0.1) is 24.1 Å². The van der Waals surface area contributed by atoms with Crippen molar-refractivity contribution in [2.24, 2.45) is 0 Å². The van der Waals surface area contributed by atoms with Crippen LogP contribution in [0.4, 0.5) is 5.69 Å². The Labute approximate surface area is 194 Å². The van der Waals surface area contributed by atoms with Crippen LogP contribution in [-0.4, -0.2) is 36.7 Å². The van der Waals surface area contributed by atoms with E-state index in [2.05, 4.69) is 10.3 Å². The average molecular weight is 485 g/mol. The summed E-state index contributed by atoms with van der Waals surface area (Å²) in [5.74, 6) is -0.172. The van der Waals surface area contributed by atoms with Crippen LogP contribution >= 0.6 is 11.3 Å². The SMILES string of the molecule is COc1ccc(-c2cn3c(CC(=O)Nc4ccc(S(=O)(=O)NC(C)=O)cc4)csc3n2)cc1. The summed E-state index contributed by atoms with van der Waals surface area (Å²) in [5, 5.41) is 4.63. The van der Waals surface area contributed by atoms with Gasteiger partial charge in [-0.05, 0) is 48.5 Å². The molecule has 2 heterocycles. The van der Waals surface area contributed by atoms with Crippen LogP contribution in [0, 0.1) is 0 Å². The van der Waals surface area contributed by atoms with E-state index in [-0.39, 0.29) is 17.2 Å². The number of fused-ring (bicyclic) bond motifs is 1. The highest BCUT2D eigenvalue weighted by atomic mass is 32.2. The van der Waals surface area contributed by atoms with Gasteiger partial charge >= 0.3 is 0 Å². The lowest BCUT2D eigenvalue weighted by Gasteiger charge is -2.07. The molecular formula is C22H20N4O5S2. The maximum atomic E-state index is 12.6. The van der Waals surface area contributed by atoms with Crippen LogP contribution in [0.2, 0.25) is 0 Å². The highest BCUT2D eigenvalue weighted by Gasteiger charge is 2.16. The Hall–Kier alpha value is -3.70. The molecule has 0 aliphatic rings. The van der Waals surface area contributed by atoms with Crippen molar-refractivity contribution >= 4 is 43.8 Å². The summed E-state index contributed by atoms with van der Waals surface area (Å²) < 4.78 is 33.0. The first-order chi connectivity index (χ1) is 15.7. The van der Waals surface area contributed by atoms with Crippen LogP contribution in [0.25, 0.3) is 16.2 Å². The number of hydrogen-bond donors (Lipinski definition) is 2. The van der Waals surface area contributed by atoms with Gasteiger partial charge in [-0.15, -0.1) is 11.3 Å². The highest BCUT2D eigenvalue weighted by Crippen LogP contribution is 2.25. The van der Waals surface area contributed by atoms with Crippen molar-refractivity contribution in [1.29, 1.82) is 0 Å². The number of imidazole rings is 1. The summed E-state index contributed by atoms with van der Waals surface area (Å²) in [6.45, 7) is 1.12. The van der Waals surface area contributed by atoms with Crippen molar-refractivity contribution in [2.45, 2.75) is 18.2 Å². The van der Waals surface area contributed by atoms with E-state index in [1.165, 1.54) is 35.6 Å². The summed E-state index contributed by atoms with van der Waals surface area (Å²) in [7, 11) is -2.31. The molecule has 0 unspecified atom stereocenters. The average Bonchev–Trinajstić information content (AvgIpc) is 3.35. The number of benzene rings is 2. The molecule has 2 N–H and O–H groups in total. The molecule has 11 heteroatoms. The molecule has 0 atom stereocenters. The van der Waals surface area contributed by atoms with E-state index in [1.54, 1.807) is 7.11 Å². The number of rotatable bonds is 7. The third kappa shape index (κ3) is 5.04. The minimum absolute atomic E-state index is 0.0697. The zero-order valence-corrected chi connectivity index (χ0v) is 19.4. The molecule has 0 radical (unpaired) electrons. The van der Waals surface area contributed by atoms with Crippen LogP contribution in [-0.2, 0) is 26.0 Å². The van der Waals surface area contributed by atoms with Gasteiger partial charge < -0.3 is 10.1 Å². The normalized spacial score (nSPS) is 11.3. The topological polar surface area (TPSA) is 119 Å². The summed E-state index contributed by atoms with van der Waals surface area (Å²) in [6, 6.07) is 13.2. The Balaban J connectivity index is 1.45. The van der Waals surface area contributed by atoms with Crippen LogP contribution in [0.1, 0.15) is 12.6 Å². The maximum Gasteiger partial charge on any atom is 0.264 e. The lowest BCUT2D eigenvalue weighted by molar-refractivity contribution is -0.117. The Kier molecular flexibility index (Phi) is 6.16. The number of thiazole rings is 1. The van der Waals surface area contributed by atoms with Gasteiger partial charge in [-0.1, -0.05) is 0 Å². The van der Waals surface area contributed by atoms with Crippen molar-refractivity contribution in [1.82, 2.24) is 14.1 Å². The molecule has 2 amide bonds. The fraction of sp³-hybridized carbons (Fsp3) is 0.136. The van der Waals surface area contributed by atoms with Gasteiger partial charge in [-0.25, -0.2) is 18.1 Å². The zero-order valence-electron chi connectivity index (χ0n) is 17.7. The minimum atomic E-state index is -3.92. The van der Waals surface area contributed by atoms with Crippen LogP contribution < -0.4 is 14.8 Å². The van der Waals surface area contributed by atoms with Crippen molar-refractivity contribution in [3.05, 3.63) is 65.8 Å². The number of sulfonamides is 1. The van der Waals surface area contributed by atoms with Crippen molar-refractivity contribution < 1.29 is 22.7 Å². The molecule has 4 rings (SSSR count). The van der Waals surface area contributed by atoms with Gasteiger partial charge in [-0.3, -0.25) is 14.0 Å². The van der Waals surface area contributed by atoms with Gasteiger partial charge in [-0.2, -0.15) is 0 Å². The summed E-state index contributed by atoms with van der Waals surface area (Å²) >= 11 is 1.44. The van der Waals surface area contributed by atoms with Gasteiger partial charge in [0.1, 0.15) is 5.75 Å². The molecule has 0 aliphatic heterocycles. The molecule has 0 saturated heterocycles. The number of carbonyl (C=O) groups is 2. The maximum absolute atomic E-state index is 12.6. The Morgan fingerprint density at radius 3 is 2.42 bits per heavy atom. The molecule has 33 heavy (non-hydrogen) atoms.